The molecule has 0 atom stereocenters. The lowest BCUT2D eigenvalue weighted by Crippen LogP contribution is -2.10. The van der Waals surface area contributed by atoms with Gasteiger partial charge in [-0.2, -0.15) is 13.2 Å². The summed E-state index contributed by atoms with van der Waals surface area (Å²) in [7, 11) is 0. The van der Waals surface area contributed by atoms with Crippen LogP contribution in [0.4, 0.5) is 24.8 Å². The Morgan fingerprint density at radius 1 is 1.05 bits per heavy atom. The molecule has 0 spiro atoms. The summed E-state index contributed by atoms with van der Waals surface area (Å²) in [6.45, 7) is 0.346. The van der Waals surface area contributed by atoms with Gasteiger partial charge in [-0.3, -0.25) is 0 Å². The van der Waals surface area contributed by atoms with Gasteiger partial charge in [0.25, 0.3) is 0 Å². The molecule has 0 radical (unpaired) electrons. The molecular weight excluding hydrogens is 271 g/mol. The quantitative estimate of drug-likeness (QED) is 0.593. The van der Waals surface area contributed by atoms with Gasteiger partial charge in [-0.05, 0) is 17.7 Å². The van der Waals surface area contributed by atoms with Gasteiger partial charge in [0.15, 0.2) is 0 Å². The maximum atomic E-state index is 12.4. The van der Waals surface area contributed by atoms with E-state index in [0.29, 0.717) is 23.7 Å². The van der Waals surface area contributed by atoms with Crippen molar-refractivity contribution in [3.05, 3.63) is 47.8 Å². The predicted molar refractivity (Wildman–Crippen MR) is 68.6 cm³/mol. The van der Waals surface area contributed by atoms with Crippen molar-refractivity contribution < 1.29 is 13.2 Å². The van der Waals surface area contributed by atoms with Gasteiger partial charge in [-0.25, -0.2) is 15.8 Å². The van der Waals surface area contributed by atoms with E-state index in [0.717, 1.165) is 12.1 Å². The third kappa shape index (κ3) is 3.58. The summed E-state index contributed by atoms with van der Waals surface area (Å²) < 4.78 is 37.2. The molecule has 0 unspecified atom stereocenters. The molecule has 4 N–H and O–H groups in total. The SMILES string of the molecule is NNc1cc(NCc2ccc(C(F)(F)F)cc2)ncn1. The number of hydrogen-bond acceptors (Lipinski definition) is 5. The molecule has 106 valence electrons. The third-order valence-corrected chi connectivity index (χ3v) is 2.57. The van der Waals surface area contributed by atoms with Crippen molar-refractivity contribution in [2.24, 2.45) is 5.84 Å². The number of hydrazine groups is 1. The minimum Gasteiger partial charge on any atom is -0.366 e. The Labute approximate surface area is 113 Å². The number of nitrogen functional groups attached to an aromatic ring is 1. The summed E-state index contributed by atoms with van der Waals surface area (Å²) >= 11 is 0. The fraction of sp³-hybridized carbons (Fsp3) is 0.167. The lowest BCUT2D eigenvalue weighted by molar-refractivity contribution is -0.137. The largest absolute Gasteiger partial charge is 0.416 e. The Kier molecular flexibility index (Phi) is 4.04. The highest BCUT2D eigenvalue weighted by Crippen LogP contribution is 2.29. The van der Waals surface area contributed by atoms with E-state index in [1.807, 2.05) is 0 Å². The number of nitrogens with one attached hydrogen (secondary N) is 2. The highest BCUT2D eigenvalue weighted by molar-refractivity contribution is 5.46. The summed E-state index contributed by atoms with van der Waals surface area (Å²) in [4.78, 5) is 7.80. The van der Waals surface area contributed by atoms with E-state index in [1.54, 1.807) is 6.07 Å². The number of rotatable bonds is 4. The number of anilines is 2. The summed E-state index contributed by atoms with van der Waals surface area (Å²) in [5, 5.41) is 2.97. The molecule has 1 aromatic carbocycles. The van der Waals surface area contributed by atoms with Crippen LogP contribution in [-0.4, -0.2) is 9.97 Å². The summed E-state index contributed by atoms with van der Waals surface area (Å²) in [6.07, 6.45) is -3.00. The van der Waals surface area contributed by atoms with Crippen LogP contribution in [0.15, 0.2) is 36.7 Å². The summed E-state index contributed by atoms with van der Waals surface area (Å²) in [6, 6.07) is 6.51. The Morgan fingerprint density at radius 3 is 2.30 bits per heavy atom. The molecule has 0 aliphatic heterocycles. The number of nitrogens with zero attached hydrogens (tertiary/aromatic N) is 2. The van der Waals surface area contributed by atoms with Crippen LogP contribution in [-0.2, 0) is 12.7 Å². The fourth-order valence-corrected chi connectivity index (χ4v) is 1.54. The molecule has 0 amide bonds. The number of hydrogen-bond donors (Lipinski definition) is 3. The smallest absolute Gasteiger partial charge is 0.366 e. The van der Waals surface area contributed by atoms with Crippen molar-refractivity contribution >= 4 is 11.6 Å². The molecule has 1 aromatic heterocycles. The van der Waals surface area contributed by atoms with Crippen LogP contribution in [0.1, 0.15) is 11.1 Å². The van der Waals surface area contributed by atoms with E-state index in [1.165, 1.54) is 18.5 Å². The Balaban J connectivity index is 2.00. The first-order valence-corrected chi connectivity index (χ1v) is 5.68. The first-order valence-electron chi connectivity index (χ1n) is 5.68. The first kappa shape index (κ1) is 14.1. The van der Waals surface area contributed by atoms with E-state index in [2.05, 4.69) is 20.7 Å². The van der Waals surface area contributed by atoms with Crippen LogP contribution in [0, 0.1) is 0 Å². The lowest BCUT2D eigenvalue weighted by Gasteiger charge is -2.09. The minimum absolute atomic E-state index is 0.346. The summed E-state index contributed by atoms with van der Waals surface area (Å²) in [5.41, 5.74) is 2.41. The zero-order valence-electron chi connectivity index (χ0n) is 10.3. The maximum absolute atomic E-state index is 12.4. The minimum atomic E-state index is -4.32. The second kappa shape index (κ2) is 5.74. The fourth-order valence-electron chi connectivity index (χ4n) is 1.54. The van der Waals surface area contributed by atoms with Gasteiger partial charge in [0.05, 0.1) is 5.56 Å². The van der Waals surface area contributed by atoms with Crippen molar-refractivity contribution in [1.29, 1.82) is 0 Å². The second-order valence-electron chi connectivity index (χ2n) is 3.98. The van der Waals surface area contributed by atoms with Crippen LogP contribution in [0.5, 0.6) is 0 Å². The highest BCUT2D eigenvalue weighted by atomic mass is 19.4. The molecule has 0 bridgehead atoms. The number of alkyl halides is 3. The first-order chi connectivity index (χ1) is 9.49. The molecule has 0 aliphatic rings. The zero-order valence-corrected chi connectivity index (χ0v) is 10.3. The van der Waals surface area contributed by atoms with Crippen molar-refractivity contribution in [3.8, 4) is 0 Å². The molecule has 0 saturated carbocycles. The number of benzene rings is 1. The van der Waals surface area contributed by atoms with Crippen LogP contribution >= 0.6 is 0 Å². The molecule has 8 heteroatoms. The van der Waals surface area contributed by atoms with Crippen molar-refractivity contribution in [2.75, 3.05) is 10.7 Å². The monoisotopic (exact) mass is 283 g/mol. The topological polar surface area (TPSA) is 75.9 Å². The lowest BCUT2D eigenvalue weighted by atomic mass is 10.1. The van der Waals surface area contributed by atoms with Gasteiger partial charge in [0.2, 0.25) is 0 Å². The van der Waals surface area contributed by atoms with E-state index in [4.69, 9.17) is 5.84 Å². The molecule has 2 rings (SSSR count). The average molecular weight is 283 g/mol. The highest BCUT2D eigenvalue weighted by Gasteiger charge is 2.29. The number of nitrogens with two attached hydrogens (primary N) is 1. The Hall–Kier alpha value is -2.35. The molecule has 0 fully saturated rings. The van der Waals surface area contributed by atoms with Crippen LogP contribution in [0.25, 0.3) is 0 Å². The molecule has 1 heterocycles. The van der Waals surface area contributed by atoms with Gasteiger partial charge in [-0.1, -0.05) is 12.1 Å². The zero-order chi connectivity index (χ0) is 14.6. The van der Waals surface area contributed by atoms with Crippen LogP contribution in [0.3, 0.4) is 0 Å². The van der Waals surface area contributed by atoms with E-state index in [9.17, 15) is 13.2 Å². The molecule has 0 saturated heterocycles. The number of aromatic nitrogens is 2. The maximum Gasteiger partial charge on any atom is 0.416 e. The van der Waals surface area contributed by atoms with Gasteiger partial charge in [0.1, 0.15) is 18.0 Å². The standard InChI is InChI=1S/C12H12F3N5/c13-12(14,15)9-3-1-8(2-4-9)6-17-10-5-11(20-16)19-7-18-10/h1-5,7H,6,16H2,(H2,17,18,19,20). The van der Waals surface area contributed by atoms with Crippen LogP contribution < -0.4 is 16.6 Å². The Morgan fingerprint density at radius 2 is 1.70 bits per heavy atom. The van der Waals surface area contributed by atoms with E-state index < -0.39 is 11.7 Å². The molecular formula is C12H12F3N5. The predicted octanol–water partition coefficient (Wildman–Crippen LogP) is 2.39. The van der Waals surface area contributed by atoms with Gasteiger partial charge in [0, 0.05) is 12.6 Å². The second-order valence-corrected chi connectivity index (χ2v) is 3.98. The molecule has 20 heavy (non-hydrogen) atoms. The third-order valence-electron chi connectivity index (χ3n) is 2.57. The molecule has 2 aromatic rings. The number of halogens is 3. The summed E-state index contributed by atoms with van der Waals surface area (Å²) in [5.74, 6) is 6.17. The normalized spacial score (nSPS) is 11.2. The van der Waals surface area contributed by atoms with Crippen molar-refractivity contribution in [2.45, 2.75) is 12.7 Å². The average Bonchev–Trinajstić information content (AvgIpc) is 2.45. The van der Waals surface area contributed by atoms with E-state index in [-0.39, 0.29) is 0 Å². The van der Waals surface area contributed by atoms with Crippen molar-refractivity contribution in [1.82, 2.24) is 9.97 Å². The van der Waals surface area contributed by atoms with E-state index >= 15 is 0 Å². The van der Waals surface area contributed by atoms with Crippen molar-refractivity contribution in [3.63, 3.8) is 0 Å². The Bertz CT molecular complexity index is 568. The van der Waals surface area contributed by atoms with Gasteiger partial charge >= 0.3 is 6.18 Å². The molecule has 5 nitrogen and oxygen atoms in total. The molecule has 0 aliphatic carbocycles. The van der Waals surface area contributed by atoms with Gasteiger partial charge in [-0.15, -0.1) is 0 Å². The van der Waals surface area contributed by atoms with Gasteiger partial charge < -0.3 is 10.7 Å². The van der Waals surface area contributed by atoms with Crippen LogP contribution in [0.2, 0.25) is 0 Å².